The monoisotopic (exact) mass is 450 g/mol. The molecule has 2 aromatic rings. The summed E-state index contributed by atoms with van der Waals surface area (Å²) in [5, 5.41) is 0. The molecule has 2 rings (SSSR count). The van der Waals surface area contributed by atoms with Crippen molar-refractivity contribution in [3.05, 3.63) is 59.7 Å². The molecule has 0 nitrogen and oxygen atoms in total. The van der Waals surface area contributed by atoms with Crippen LogP contribution in [0.2, 0.25) is 0 Å². The number of benzene rings is 2. The Morgan fingerprint density at radius 1 is 0.571 bits per heavy atom. The van der Waals surface area contributed by atoms with Gasteiger partial charge in [0, 0.05) is 21.1 Å². The summed E-state index contributed by atoms with van der Waals surface area (Å²) in [4.78, 5) is 0. The van der Waals surface area contributed by atoms with E-state index < -0.39 is 0 Å². The Balaban J connectivity index is 0.00000220. The second-order valence-electron chi connectivity index (χ2n) is 7.66. The molecule has 0 radical (unpaired) electrons. The van der Waals surface area contributed by atoms with Crippen LogP contribution in [0.4, 0.5) is 0 Å². The number of hydrogen-bond acceptors (Lipinski definition) is 0. The molecule has 0 bridgehead atoms. The summed E-state index contributed by atoms with van der Waals surface area (Å²) < 4.78 is 0. The molecule has 0 saturated heterocycles. The van der Waals surface area contributed by atoms with Gasteiger partial charge in [-0.15, -0.1) is 0 Å². The van der Waals surface area contributed by atoms with E-state index in [-0.39, 0.29) is 31.9 Å². The smallest absolute Gasteiger partial charge is 0 e. The average Bonchev–Trinajstić information content (AvgIpc) is 2.37. The Morgan fingerprint density at radius 3 is 1.57 bits per heavy atom. The molecule has 1 heteroatoms. The van der Waals surface area contributed by atoms with Crippen molar-refractivity contribution in [2.75, 3.05) is 0 Å². The van der Waals surface area contributed by atoms with E-state index in [0.717, 1.165) is 0 Å². The number of hydrogen-bond donors (Lipinski definition) is 0. The second kappa shape index (κ2) is 6.49. The van der Waals surface area contributed by atoms with Gasteiger partial charge < -0.3 is 0 Å². The maximum absolute atomic E-state index is 2.31. The maximum atomic E-state index is 2.31. The Bertz CT molecular complexity index is 580. The van der Waals surface area contributed by atoms with Crippen molar-refractivity contribution in [1.82, 2.24) is 0 Å². The summed E-state index contributed by atoms with van der Waals surface area (Å²) in [7, 11) is 0. The molecule has 112 valence electrons. The first-order chi connectivity index (χ1) is 9.18. The fourth-order valence-corrected chi connectivity index (χ4v) is 2.33. The van der Waals surface area contributed by atoms with E-state index in [4.69, 9.17) is 0 Å². The van der Waals surface area contributed by atoms with Gasteiger partial charge in [-0.25, -0.2) is 0 Å². The summed E-state index contributed by atoms with van der Waals surface area (Å²) >= 11 is 0. The fourth-order valence-electron chi connectivity index (χ4n) is 2.33. The number of rotatable bonds is 1. The van der Waals surface area contributed by atoms with Crippen LogP contribution < -0.4 is 0 Å². The first-order valence-electron chi connectivity index (χ1n) is 7.39. The van der Waals surface area contributed by atoms with Crippen molar-refractivity contribution < 1.29 is 21.1 Å². The zero-order chi connectivity index (χ0) is 15.0. The van der Waals surface area contributed by atoms with Crippen LogP contribution in [-0.2, 0) is 31.9 Å². The van der Waals surface area contributed by atoms with E-state index in [2.05, 4.69) is 90.1 Å². The van der Waals surface area contributed by atoms with Crippen LogP contribution in [0, 0.1) is 0 Å². The van der Waals surface area contributed by atoms with Crippen LogP contribution >= 0.6 is 0 Å². The van der Waals surface area contributed by atoms with Gasteiger partial charge in [0.25, 0.3) is 0 Å². The SMILES string of the molecule is CC(C)(C)c1ccc(-c2cccc(C(C)(C)C)c2)cc1.[W]. The molecule has 0 heterocycles. The van der Waals surface area contributed by atoms with Crippen molar-refractivity contribution in [1.29, 1.82) is 0 Å². The summed E-state index contributed by atoms with van der Waals surface area (Å²) in [6.07, 6.45) is 0. The zero-order valence-electron chi connectivity index (χ0n) is 14.0. The van der Waals surface area contributed by atoms with Gasteiger partial charge in [-0.05, 0) is 33.1 Å². The van der Waals surface area contributed by atoms with Gasteiger partial charge in [0.2, 0.25) is 0 Å². The third-order valence-electron chi connectivity index (χ3n) is 3.81. The fraction of sp³-hybridized carbons (Fsp3) is 0.400. The molecule has 0 saturated carbocycles. The molecule has 0 aliphatic heterocycles. The zero-order valence-corrected chi connectivity index (χ0v) is 17.0. The summed E-state index contributed by atoms with van der Waals surface area (Å²) in [5.74, 6) is 0. The Morgan fingerprint density at radius 2 is 1.10 bits per heavy atom. The minimum Gasteiger partial charge on any atom is -0.0614 e. The van der Waals surface area contributed by atoms with E-state index in [0.29, 0.717) is 0 Å². The van der Waals surface area contributed by atoms with Crippen molar-refractivity contribution >= 4 is 0 Å². The molecule has 0 N–H and O–H groups in total. The van der Waals surface area contributed by atoms with Crippen LogP contribution in [0.1, 0.15) is 52.7 Å². The summed E-state index contributed by atoms with van der Waals surface area (Å²) in [6.45, 7) is 13.5. The molecule has 0 unspecified atom stereocenters. The van der Waals surface area contributed by atoms with Crippen LogP contribution in [-0.4, -0.2) is 0 Å². The molecule has 0 aliphatic rings. The van der Waals surface area contributed by atoms with Crippen LogP contribution in [0.3, 0.4) is 0 Å². The van der Waals surface area contributed by atoms with Gasteiger partial charge in [-0.2, -0.15) is 0 Å². The molecule has 0 amide bonds. The van der Waals surface area contributed by atoms with E-state index in [1.54, 1.807) is 0 Å². The quantitative estimate of drug-likeness (QED) is 0.504. The molecule has 0 aromatic heterocycles. The van der Waals surface area contributed by atoms with E-state index in [1.165, 1.54) is 22.3 Å². The third-order valence-corrected chi connectivity index (χ3v) is 3.81. The molecule has 0 atom stereocenters. The minimum atomic E-state index is 0. The average molecular weight is 450 g/mol. The van der Waals surface area contributed by atoms with Crippen LogP contribution in [0.5, 0.6) is 0 Å². The van der Waals surface area contributed by atoms with E-state index in [1.807, 2.05) is 0 Å². The summed E-state index contributed by atoms with van der Waals surface area (Å²) in [6, 6.07) is 17.9. The predicted octanol–water partition coefficient (Wildman–Crippen LogP) is 5.95. The Kier molecular flexibility index (Phi) is 5.62. The maximum Gasteiger partial charge on any atom is 0 e. The van der Waals surface area contributed by atoms with Crippen LogP contribution in [0.15, 0.2) is 48.5 Å². The minimum absolute atomic E-state index is 0. The van der Waals surface area contributed by atoms with E-state index >= 15 is 0 Å². The van der Waals surface area contributed by atoms with Gasteiger partial charge in [-0.3, -0.25) is 0 Å². The Hall–Kier alpha value is -0.872. The van der Waals surface area contributed by atoms with Crippen molar-refractivity contribution in [3.63, 3.8) is 0 Å². The largest absolute Gasteiger partial charge is 0.0614 e. The molecule has 21 heavy (non-hydrogen) atoms. The van der Waals surface area contributed by atoms with E-state index in [9.17, 15) is 0 Å². The van der Waals surface area contributed by atoms with Crippen LogP contribution in [0.25, 0.3) is 11.1 Å². The third kappa shape index (κ3) is 4.55. The van der Waals surface area contributed by atoms with Gasteiger partial charge in [-0.1, -0.05) is 90.1 Å². The summed E-state index contributed by atoms with van der Waals surface area (Å²) in [5.41, 5.74) is 5.78. The Labute approximate surface area is 144 Å². The molecular weight excluding hydrogens is 424 g/mol. The standard InChI is InChI=1S/C20H26.W/c1-19(2,3)17-12-10-15(11-13-17)16-8-7-9-18(14-16)20(4,5)6;/h7-14H,1-6H3;. The van der Waals surface area contributed by atoms with Gasteiger partial charge >= 0.3 is 0 Å². The predicted molar refractivity (Wildman–Crippen MR) is 89.3 cm³/mol. The molecule has 0 spiro atoms. The molecular formula is C20H26W. The van der Waals surface area contributed by atoms with Crippen molar-refractivity contribution in [3.8, 4) is 11.1 Å². The van der Waals surface area contributed by atoms with Crippen molar-refractivity contribution in [2.45, 2.75) is 52.4 Å². The molecule has 2 aromatic carbocycles. The first-order valence-corrected chi connectivity index (χ1v) is 7.39. The molecule has 0 aliphatic carbocycles. The first kappa shape index (κ1) is 18.2. The topological polar surface area (TPSA) is 0 Å². The van der Waals surface area contributed by atoms with Crippen molar-refractivity contribution in [2.24, 2.45) is 0 Å². The second-order valence-corrected chi connectivity index (χ2v) is 7.66. The van der Waals surface area contributed by atoms with Gasteiger partial charge in [0.05, 0.1) is 0 Å². The van der Waals surface area contributed by atoms with Gasteiger partial charge in [0.15, 0.2) is 0 Å². The normalized spacial score (nSPS) is 11.9. The van der Waals surface area contributed by atoms with Gasteiger partial charge in [0.1, 0.15) is 0 Å². The molecule has 0 fully saturated rings.